The van der Waals surface area contributed by atoms with E-state index in [-0.39, 0.29) is 5.56 Å². The van der Waals surface area contributed by atoms with Gasteiger partial charge in [0.25, 0.3) is 0 Å². The van der Waals surface area contributed by atoms with Crippen LogP contribution in [-0.2, 0) is 12.7 Å². The lowest BCUT2D eigenvalue weighted by atomic mass is 10.0. The molecule has 0 bridgehead atoms. The van der Waals surface area contributed by atoms with Crippen LogP contribution >= 0.6 is 0 Å². The molecule has 0 heterocycles. The first kappa shape index (κ1) is 12.0. The second-order valence-corrected chi connectivity index (χ2v) is 3.88. The summed E-state index contributed by atoms with van der Waals surface area (Å²) in [5.41, 5.74) is 0.623. The monoisotopic (exact) mass is 217 g/mol. The molecule has 0 aliphatic carbocycles. The van der Waals surface area contributed by atoms with Gasteiger partial charge >= 0.3 is 6.18 Å². The Kier molecular flexibility index (Phi) is 3.39. The van der Waals surface area contributed by atoms with Gasteiger partial charge in [-0.1, -0.05) is 12.1 Å². The second kappa shape index (κ2) is 4.23. The lowest BCUT2D eigenvalue weighted by Gasteiger charge is -2.14. The Morgan fingerprint density at radius 2 is 1.80 bits per heavy atom. The Morgan fingerprint density at radius 1 is 1.20 bits per heavy atom. The van der Waals surface area contributed by atoms with E-state index in [0.29, 0.717) is 6.54 Å². The molecule has 0 radical (unpaired) electrons. The largest absolute Gasteiger partial charge is 0.416 e. The SMILES string of the molecule is Cc1cc(CN(C)C)ccc1C(F)(F)F. The van der Waals surface area contributed by atoms with E-state index in [4.69, 9.17) is 0 Å². The summed E-state index contributed by atoms with van der Waals surface area (Å²) in [6.45, 7) is 2.14. The van der Waals surface area contributed by atoms with Crippen molar-refractivity contribution in [3.63, 3.8) is 0 Å². The highest BCUT2D eigenvalue weighted by atomic mass is 19.4. The fourth-order valence-corrected chi connectivity index (χ4v) is 1.51. The number of aryl methyl sites for hydroxylation is 1. The highest BCUT2D eigenvalue weighted by Gasteiger charge is 2.31. The quantitative estimate of drug-likeness (QED) is 0.735. The smallest absolute Gasteiger partial charge is 0.305 e. The zero-order chi connectivity index (χ0) is 11.6. The van der Waals surface area contributed by atoms with Crippen molar-refractivity contribution in [2.45, 2.75) is 19.6 Å². The van der Waals surface area contributed by atoms with E-state index in [2.05, 4.69) is 0 Å². The molecule has 0 saturated heterocycles. The average molecular weight is 217 g/mol. The fourth-order valence-electron chi connectivity index (χ4n) is 1.51. The average Bonchev–Trinajstić information content (AvgIpc) is 1.99. The molecule has 0 aromatic heterocycles. The van der Waals surface area contributed by atoms with E-state index in [1.165, 1.54) is 13.0 Å². The molecule has 0 unspecified atom stereocenters. The molecule has 84 valence electrons. The molecule has 1 aromatic carbocycles. The number of hydrogen-bond donors (Lipinski definition) is 0. The first-order valence-corrected chi connectivity index (χ1v) is 4.62. The molecule has 0 aliphatic heterocycles. The number of rotatable bonds is 2. The first-order valence-electron chi connectivity index (χ1n) is 4.62. The van der Waals surface area contributed by atoms with Crippen LogP contribution in [0, 0.1) is 6.92 Å². The number of nitrogens with zero attached hydrogens (tertiary/aromatic N) is 1. The van der Waals surface area contributed by atoms with Gasteiger partial charge in [0, 0.05) is 6.54 Å². The van der Waals surface area contributed by atoms with Crippen LogP contribution in [-0.4, -0.2) is 19.0 Å². The predicted molar refractivity (Wildman–Crippen MR) is 53.6 cm³/mol. The van der Waals surface area contributed by atoms with Crippen molar-refractivity contribution in [1.29, 1.82) is 0 Å². The third-order valence-corrected chi connectivity index (χ3v) is 2.10. The van der Waals surface area contributed by atoms with Crippen LogP contribution in [0.15, 0.2) is 18.2 Å². The molecule has 0 atom stereocenters. The van der Waals surface area contributed by atoms with E-state index in [9.17, 15) is 13.2 Å². The van der Waals surface area contributed by atoms with Crippen LogP contribution in [0.25, 0.3) is 0 Å². The number of benzene rings is 1. The molecule has 1 rings (SSSR count). The summed E-state index contributed by atoms with van der Waals surface area (Å²) in [4.78, 5) is 1.92. The van der Waals surface area contributed by atoms with Crippen molar-refractivity contribution in [3.8, 4) is 0 Å². The van der Waals surface area contributed by atoms with Gasteiger partial charge in [0.2, 0.25) is 0 Å². The van der Waals surface area contributed by atoms with E-state index in [1.807, 2.05) is 19.0 Å². The summed E-state index contributed by atoms with van der Waals surface area (Å²) in [7, 11) is 3.76. The van der Waals surface area contributed by atoms with Gasteiger partial charge in [0.05, 0.1) is 5.56 Å². The molecule has 0 aliphatic rings. The topological polar surface area (TPSA) is 3.24 Å². The summed E-state index contributed by atoms with van der Waals surface area (Å²) in [6.07, 6.45) is -4.25. The van der Waals surface area contributed by atoms with Gasteiger partial charge in [0.15, 0.2) is 0 Å². The zero-order valence-corrected chi connectivity index (χ0v) is 9.02. The van der Waals surface area contributed by atoms with Crippen molar-refractivity contribution in [1.82, 2.24) is 4.90 Å². The lowest BCUT2D eigenvalue weighted by molar-refractivity contribution is -0.138. The van der Waals surface area contributed by atoms with Crippen LogP contribution in [0.3, 0.4) is 0 Å². The summed E-state index contributed by atoms with van der Waals surface area (Å²) in [6, 6.07) is 4.26. The van der Waals surface area contributed by atoms with Crippen LogP contribution < -0.4 is 0 Å². The molecular formula is C11H14F3N. The van der Waals surface area contributed by atoms with Gasteiger partial charge in [-0.2, -0.15) is 13.2 Å². The molecule has 1 aromatic rings. The third kappa shape index (κ3) is 3.23. The van der Waals surface area contributed by atoms with Crippen molar-refractivity contribution in [3.05, 3.63) is 34.9 Å². The highest BCUT2D eigenvalue weighted by molar-refractivity contribution is 5.32. The van der Waals surface area contributed by atoms with Crippen molar-refractivity contribution >= 4 is 0 Å². The summed E-state index contributed by atoms with van der Waals surface area (Å²) in [5, 5.41) is 0. The van der Waals surface area contributed by atoms with Gasteiger partial charge in [-0.3, -0.25) is 0 Å². The maximum Gasteiger partial charge on any atom is 0.416 e. The van der Waals surface area contributed by atoms with Gasteiger partial charge in [-0.25, -0.2) is 0 Å². The molecule has 15 heavy (non-hydrogen) atoms. The van der Waals surface area contributed by atoms with Crippen LogP contribution in [0.4, 0.5) is 13.2 Å². The van der Waals surface area contributed by atoms with Crippen molar-refractivity contribution in [2.75, 3.05) is 14.1 Å². The minimum Gasteiger partial charge on any atom is -0.305 e. The number of alkyl halides is 3. The Morgan fingerprint density at radius 3 is 2.20 bits per heavy atom. The van der Waals surface area contributed by atoms with Gasteiger partial charge in [0.1, 0.15) is 0 Å². The molecule has 0 amide bonds. The zero-order valence-electron chi connectivity index (χ0n) is 9.02. The molecule has 0 N–H and O–H groups in total. The Bertz CT molecular complexity index is 342. The van der Waals surface area contributed by atoms with E-state index in [1.54, 1.807) is 6.07 Å². The minimum absolute atomic E-state index is 0.279. The number of hydrogen-bond acceptors (Lipinski definition) is 1. The van der Waals surface area contributed by atoms with E-state index < -0.39 is 11.7 Å². The fraction of sp³-hybridized carbons (Fsp3) is 0.455. The molecular weight excluding hydrogens is 203 g/mol. The summed E-state index contributed by atoms with van der Waals surface area (Å²) >= 11 is 0. The van der Waals surface area contributed by atoms with Crippen LogP contribution in [0.5, 0.6) is 0 Å². The Labute approximate surface area is 87.5 Å². The first-order chi connectivity index (χ1) is 6.80. The second-order valence-electron chi connectivity index (χ2n) is 3.88. The summed E-state index contributed by atoms with van der Waals surface area (Å²) < 4.78 is 37.3. The minimum atomic E-state index is -4.25. The van der Waals surface area contributed by atoms with Crippen molar-refractivity contribution in [2.24, 2.45) is 0 Å². The Hall–Kier alpha value is -1.03. The van der Waals surface area contributed by atoms with Crippen molar-refractivity contribution < 1.29 is 13.2 Å². The molecule has 0 saturated carbocycles. The van der Waals surface area contributed by atoms with Gasteiger partial charge < -0.3 is 4.90 Å². The standard InChI is InChI=1S/C11H14F3N/c1-8-6-9(7-15(2)3)4-5-10(8)11(12,13)14/h4-6H,7H2,1-3H3. The number of halogens is 3. The van der Waals surface area contributed by atoms with E-state index in [0.717, 1.165) is 11.6 Å². The molecule has 0 fully saturated rings. The molecule has 0 spiro atoms. The summed E-state index contributed by atoms with van der Waals surface area (Å²) in [5.74, 6) is 0. The molecule has 1 nitrogen and oxygen atoms in total. The van der Waals surface area contributed by atoms with Crippen LogP contribution in [0.2, 0.25) is 0 Å². The maximum atomic E-state index is 12.4. The lowest BCUT2D eigenvalue weighted by Crippen LogP contribution is -2.12. The predicted octanol–water partition coefficient (Wildman–Crippen LogP) is 3.08. The van der Waals surface area contributed by atoms with Gasteiger partial charge in [-0.15, -0.1) is 0 Å². The van der Waals surface area contributed by atoms with E-state index >= 15 is 0 Å². The van der Waals surface area contributed by atoms with Gasteiger partial charge in [-0.05, 0) is 38.2 Å². The van der Waals surface area contributed by atoms with Crippen LogP contribution in [0.1, 0.15) is 16.7 Å². The molecule has 4 heteroatoms. The normalized spacial score (nSPS) is 12.2. The third-order valence-electron chi connectivity index (χ3n) is 2.10. The maximum absolute atomic E-state index is 12.4. The highest BCUT2D eigenvalue weighted by Crippen LogP contribution is 2.32. The Balaban J connectivity index is 2.99.